The minimum atomic E-state index is -4.86. The van der Waals surface area contributed by atoms with E-state index >= 15 is 0 Å². The van der Waals surface area contributed by atoms with Gasteiger partial charge >= 0.3 is 11.0 Å². The number of halogens is 3. The number of nitrogens with two attached hydrogens (primary N) is 1. The van der Waals surface area contributed by atoms with Crippen molar-refractivity contribution in [3.05, 3.63) is 51.6 Å². The van der Waals surface area contributed by atoms with Gasteiger partial charge in [-0.2, -0.15) is 23.1 Å². The van der Waals surface area contributed by atoms with E-state index in [0.717, 1.165) is 10.1 Å². The number of rotatable bonds is 6. The molecule has 3 aromatic rings. The summed E-state index contributed by atoms with van der Waals surface area (Å²) in [7, 11) is 0. The van der Waals surface area contributed by atoms with Crippen molar-refractivity contribution >= 4 is 33.7 Å². The molecule has 0 radical (unpaired) electrons. The van der Waals surface area contributed by atoms with Crippen LogP contribution in [0.25, 0.3) is 16.4 Å². The lowest BCUT2D eigenvalue weighted by atomic mass is 9.98. The largest absolute Gasteiger partial charge is 0.472 e. The van der Waals surface area contributed by atoms with Crippen molar-refractivity contribution in [3.63, 3.8) is 0 Å². The van der Waals surface area contributed by atoms with E-state index in [4.69, 9.17) is 15.2 Å². The van der Waals surface area contributed by atoms with Crippen LogP contribution in [0.3, 0.4) is 0 Å². The number of nitrogen functional groups attached to an aromatic ring is 1. The molecule has 0 aliphatic carbocycles. The molecule has 33 heavy (non-hydrogen) atoms. The van der Waals surface area contributed by atoms with Gasteiger partial charge in [0.15, 0.2) is 11.9 Å². The van der Waals surface area contributed by atoms with Crippen molar-refractivity contribution < 1.29 is 32.9 Å². The van der Waals surface area contributed by atoms with E-state index in [1.807, 2.05) is 36.4 Å². The van der Waals surface area contributed by atoms with Gasteiger partial charge in [-0.25, -0.2) is 0 Å². The number of hydrogen-bond acceptors (Lipinski definition) is 9. The van der Waals surface area contributed by atoms with Gasteiger partial charge in [-0.05, 0) is 11.6 Å². The Labute approximate surface area is 188 Å². The molecular formula is C20H19F3N4O5S. The molecule has 9 nitrogen and oxygen atoms in total. The third-order valence-corrected chi connectivity index (χ3v) is 5.99. The van der Waals surface area contributed by atoms with E-state index in [9.17, 15) is 28.2 Å². The second-order valence-electron chi connectivity index (χ2n) is 7.21. The van der Waals surface area contributed by atoms with E-state index in [-0.39, 0.29) is 28.8 Å². The SMILES string of the molecule is Nc1nc(OC/C=C/c2ccccc2)c2sc(=O)n([C@@H]3O[C@H](CO)[C@@H](C(F)(F)F)[C@H]3O)c2n1. The van der Waals surface area contributed by atoms with Crippen molar-refractivity contribution in [2.45, 2.75) is 24.6 Å². The van der Waals surface area contributed by atoms with Gasteiger partial charge in [-0.3, -0.25) is 9.36 Å². The maximum absolute atomic E-state index is 13.4. The molecule has 0 amide bonds. The Morgan fingerprint density at radius 3 is 2.64 bits per heavy atom. The molecule has 0 saturated carbocycles. The number of thiazole rings is 1. The average Bonchev–Trinajstić information content (AvgIpc) is 3.27. The van der Waals surface area contributed by atoms with Gasteiger partial charge in [0.05, 0.1) is 12.7 Å². The standard InChI is InChI=1S/C20H19F3N4O5S/c21-20(22,23)12-11(9-28)32-17(13(12)29)27-15-14(33-19(27)30)16(26-18(24)25-15)31-8-4-7-10-5-2-1-3-6-10/h1-7,11-13,17,28-29H,8-9H2,(H2,24,25,26)/b7-4+/t11-,12-,13-,17-/m1/s1. The fourth-order valence-corrected chi connectivity index (χ4v) is 4.51. The number of fused-ring (bicyclic) bond motifs is 1. The van der Waals surface area contributed by atoms with Crippen LogP contribution in [0.1, 0.15) is 11.8 Å². The number of benzene rings is 1. The summed E-state index contributed by atoms with van der Waals surface area (Å²) in [6.45, 7) is -0.925. The van der Waals surface area contributed by atoms with E-state index in [1.165, 1.54) is 0 Å². The molecule has 13 heteroatoms. The predicted molar refractivity (Wildman–Crippen MR) is 114 cm³/mol. The lowest BCUT2D eigenvalue weighted by Crippen LogP contribution is -2.40. The van der Waals surface area contributed by atoms with Crippen LogP contribution < -0.4 is 15.3 Å². The number of aromatic nitrogens is 3. The number of alkyl halides is 3. The Kier molecular flexibility index (Phi) is 6.38. The molecule has 2 aromatic heterocycles. The summed E-state index contributed by atoms with van der Waals surface area (Å²) in [5.41, 5.74) is 6.53. The monoisotopic (exact) mass is 484 g/mol. The van der Waals surface area contributed by atoms with E-state index in [2.05, 4.69) is 9.97 Å². The number of anilines is 1. The van der Waals surface area contributed by atoms with Crippen LogP contribution in [0, 0.1) is 5.92 Å². The first-order valence-corrected chi connectivity index (χ1v) is 10.6. The third-order valence-electron chi connectivity index (χ3n) is 5.06. The normalized spacial score (nSPS) is 23.5. The van der Waals surface area contributed by atoms with Gasteiger partial charge in [0.2, 0.25) is 11.8 Å². The maximum Gasteiger partial charge on any atom is 0.397 e. The van der Waals surface area contributed by atoms with Crippen molar-refractivity contribution in [2.75, 3.05) is 18.9 Å². The Hall–Kier alpha value is -3.00. The first kappa shape index (κ1) is 23.2. The molecule has 4 atom stereocenters. The van der Waals surface area contributed by atoms with Gasteiger partial charge in [0, 0.05) is 0 Å². The number of aliphatic hydroxyl groups is 2. The minimum Gasteiger partial charge on any atom is -0.472 e. The zero-order chi connectivity index (χ0) is 23.8. The molecule has 4 rings (SSSR count). The second-order valence-corrected chi connectivity index (χ2v) is 8.17. The van der Waals surface area contributed by atoms with Crippen LogP contribution in [0.2, 0.25) is 0 Å². The Balaban J connectivity index is 1.65. The fraction of sp³-hybridized carbons (Fsp3) is 0.350. The summed E-state index contributed by atoms with van der Waals surface area (Å²) in [5.74, 6) is -2.70. The summed E-state index contributed by atoms with van der Waals surface area (Å²) >= 11 is 0.618. The topological polar surface area (TPSA) is 133 Å². The van der Waals surface area contributed by atoms with Gasteiger partial charge in [0.25, 0.3) is 0 Å². The minimum absolute atomic E-state index is 0.0328. The Morgan fingerprint density at radius 2 is 2.00 bits per heavy atom. The van der Waals surface area contributed by atoms with E-state index < -0.39 is 42.0 Å². The molecule has 1 aromatic carbocycles. The highest BCUT2D eigenvalue weighted by Gasteiger charge is 2.58. The number of aliphatic hydroxyl groups excluding tert-OH is 2. The highest BCUT2D eigenvalue weighted by atomic mass is 32.1. The van der Waals surface area contributed by atoms with Crippen LogP contribution in [-0.2, 0) is 4.74 Å². The van der Waals surface area contributed by atoms with Crippen molar-refractivity contribution in [2.24, 2.45) is 5.92 Å². The number of nitrogens with zero attached hydrogens (tertiary/aromatic N) is 3. The predicted octanol–water partition coefficient (Wildman–Crippen LogP) is 1.96. The lowest BCUT2D eigenvalue weighted by Gasteiger charge is -2.21. The second kappa shape index (κ2) is 9.09. The smallest absolute Gasteiger partial charge is 0.397 e. The zero-order valence-electron chi connectivity index (χ0n) is 16.8. The van der Waals surface area contributed by atoms with Crippen LogP contribution in [-0.4, -0.2) is 56.3 Å². The summed E-state index contributed by atoms with van der Waals surface area (Å²) in [6, 6.07) is 9.42. The van der Waals surface area contributed by atoms with E-state index in [0.29, 0.717) is 11.3 Å². The highest BCUT2D eigenvalue weighted by molar-refractivity contribution is 7.16. The van der Waals surface area contributed by atoms with Crippen molar-refractivity contribution in [3.8, 4) is 5.88 Å². The van der Waals surface area contributed by atoms with Gasteiger partial charge < -0.3 is 25.4 Å². The average molecular weight is 484 g/mol. The summed E-state index contributed by atoms with van der Waals surface area (Å²) in [6.07, 6.45) is -6.95. The van der Waals surface area contributed by atoms with Crippen LogP contribution >= 0.6 is 11.3 Å². The number of ether oxygens (including phenoxy) is 2. The fourth-order valence-electron chi connectivity index (χ4n) is 3.62. The molecule has 1 aliphatic rings. The molecule has 4 N–H and O–H groups in total. The van der Waals surface area contributed by atoms with E-state index in [1.54, 1.807) is 6.08 Å². The molecule has 1 aliphatic heterocycles. The first-order valence-electron chi connectivity index (χ1n) is 9.74. The van der Waals surface area contributed by atoms with Crippen LogP contribution in [0.15, 0.2) is 41.2 Å². The molecule has 0 spiro atoms. The van der Waals surface area contributed by atoms with Crippen LogP contribution in [0.4, 0.5) is 19.1 Å². The Bertz CT molecular complexity index is 1210. The molecule has 3 heterocycles. The first-order chi connectivity index (χ1) is 15.7. The molecule has 1 fully saturated rings. The summed E-state index contributed by atoms with van der Waals surface area (Å²) in [4.78, 5) is 19.9. The number of hydrogen-bond donors (Lipinski definition) is 3. The molecule has 176 valence electrons. The van der Waals surface area contributed by atoms with Gasteiger partial charge in [0.1, 0.15) is 23.3 Å². The molecular weight excluding hydrogens is 465 g/mol. The van der Waals surface area contributed by atoms with Crippen molar-refractivity contribution in [1.29, 1.82) is 0 Å². The molecule has 0 bridgehead atoms. The van der Waals surface area contributed by atoms with Gasteiger partial charge in [-0.1, -0.05) is 47.7 Å². The molecule has 1 saturated heterocycles. The third kappa shape index (κ3) is 4.57. The zero-order valence-corrected chi connectivity index (χ0v) is 17.7. The maximum atomic E-state index is 13.4. The molecule has 0 unspecified atom stereocenters. The van der Waals surface area contributed by atoms with Gasteiger partial charge in [-0.15, -0.1) is 0 Å². The lowest BCUT2D eigenvalue weighted by molar-refractivity contribution is -0.205. The summed E-state index contributed by atoms with van der Waals surface area (Å²) < 4.78 is 51.9. The summed E-state index contributed by atoms with van der Waals surface area (Å²) in [5, 5.41) is 19.6. The highest BCUT2D eigenvalue weighted by Crippen LogP contribution is 2.44. The van der Waals surface area contributed by atoms with Crippen LogP contribution in [0.5, 0.6) is 5.88 Å². The van der Waals surface area contributed by atoms with Crippen molar-refractivity contribution in [1.82, 2.24) is 14.5 Å². The quantitative estimate of drug-likeness (QED) is 0.484. The Morgan fingerprint density at radius 1 is 1.27 bits per heavy atom.